The van der Waals surface area contributed by atoms with E-state index in [0.717, 1.165) is 49.1 Å². The number of guanidine groups is 1. The molecule has 0 aliphatic heterocycles. The minimum absolute atomic E-state index is 0.665. The minimum atomic E-state index is 0.665. The summed E-state index contributed by atoms with van der Waals surface area (Å²) in [4.78, 5) is 14.7. The van der Waals surface area contributed by atoms with Crippen molar-refractivity contribution in [3.63, 3.8) is 0 Å². The standard InChI is InChI=1S/C20H27N7/c1-3-21-20(22-11-7-13-27-14-8-12-24-27)26(2)16-19-23-15-18(25-19)17-9-5-4-6-10-17/h4-6,8-10,12,14-15H,3,7,11,13,16H2,1-2H3,(H,21,22)(H,23,25). The Morgan fingerprint density at radius 3 is 2.85 bits per heavy atom. The highest BCUT2D eigenvalue weighted by atomic mass is 15.3. The van der Waals surface area contributed by atoms with Crippen molar-refractivity contribution in [1.29, 1.82) is 0 Å². The number of hydrogen-bond donors (Lipinski definition) is 2. The third-order valence-electron chi connectivity index (χ3n) is 4.16. The van der Waals surface area contributed by atoms with E-state index in [4.69, 9.17) is 4.99 Å². The van der Waals surface area contributed by atoms with Gasteiger partial charge in [0.2, 0.25) is 0 Å². The SMILES string of the molecule is CCNC(=NCCCn1cccn1)N(C)Cc1ncc(-c2ccccc2)[nH]1. The minimum Gasteiger partial charge on any atom is -0.357 e. The lowest BCUT2D eigenvalue weighted by atomic mass is 10.2. The fourth-order valence-electron chi connectivity index (χ4n) is 2.83. The lowest BCUT2D eigenvalue weighted by molar-refractivity contribution is 0.462. The molecule has 27 heavy (non-hydrogen) atoms. The van der Waals surface area contributed by atoms with Crippen molar-refractivity contribution < 1.29 is 0 Å². The molecule has 3 aromatic rings. The Kier molecular flexibility index (Phi) is 6.62. The number of hydrogen-bond acceptors (Lipinski definition) is 3. The molecule has 0 fully saturated rings. The average molecular weight is 365 g/mol. The van der Waals surface area contributed by atoms with Crippen molar-refractivity contribution in [2.24, 2.45) is 4.99 Å². The summed E-state index contributed by atoms with van der Waals surface area (Å²) in [6.07, 6.45) is 6.60. The summed E-state index contributed by atoms with van der Waals surface area (Å²) in [5.41, 5.74) is 2.17. The van der Waals surface area contributed by atoms with E-state index >= 15 is 0 Å². The molecule has 0 spiro atoms. The molecule has 142 valence electrons. The van der Waals surface area contributed by atoms with E-state index in [1.807, 2.05) is 48.4 Å². The number of imidazole rings is 1. The summed E-state index contributed by atoms with van der Waals surface area (Å²) in [6.45, 7) is 5.19. The van der Waals surface area contributed by atoms with Crippen molar-refractivity contribution in [3.8, 4) is 11.3 Å². The van der Waals surface area contributed by atoms with Gasteiger partial charge in [-0.25, -0.2) is 4.98 Å². The number of benzene rings is 1. The summed E-state index contributed by atoms with van der Waals surface area (Å²) < 4.78 is 1.93. The third-order valence-corrected chi connectivity index (χ3v) is 4.16. The highest BCUT2D eigenvalue weighted by Gasteiger charge is 2.09. The second-order valence-corrected chi connectivity index (χ2v) is 6.32. The van der Waals surface area contributed by atoms with Crippen LogP contribution in [0.15, 0.2) is 60.0 Å². The normalized spacial score (nSPS) is 11.6. The van der Waals surface area contributed by atoms with Crippen LogP contribution in [0.5, 0.6) is 0 Å². The number of H-pyrrole nitrogens is 1. The molecular weight excluding hydrogens is 338 g/mol. The molecule has 7 heteroatoms. The number of aryl methyl sites for hydroxylation is 1. The Morgan fingerprint density at radius 2 is 2.11 bits per heavy atom. The largest absolute Gasteiger partial charge is 0.357 e. The van der Waals surface area contributed by atoms with Crippen LogP contribution in [0.3, 0.4) is 0 Å². The zero-order valence-corrected chi connectivity index (χ0v) is 16.0. The summed E-state index contributed by atoms with van der Waals surface area (Å²) in [5, 5.41) is 7.56. The van der Waals surface area contributed by atoms with Gasteiger partial charge in [0.1, 0.15) is 5.82 Å². The number of aromatic nitrogens is 4. The Balaban J connectivity index is 1.57. The number of aromatic amines is 1. The van der Waals surface area contributed by atoms with Gasteiger partial charge >= 0.3 is 0 Å². The van der Waals surface area contributed by atoms with Crippen LogP contribution in [0.2, 0.25) is 0 Å². The molecule has 0 aliphatic carbocycles. The van der Waals surface area contributed by atoms with Gasteiger partial charge in [-0.3, -0.25) is 9.67 Å². The molecule has 0 unspecified atom stereocenters. The van der Waals surface area contributed by atoms with Gasteiger partial charge in [-0.1, -0.05) is 30.3 Å². The molecule has 2 aromatic heterocycles. The number of aliphatic imine (C=N–C) groups is 1. The lowest BCUT2D eigenvalue weighted by Crippen LogP contribution is -2.38. The molecule has 2 N–H and O–H groups in total. The van der Waals surface area contributed by atoms with Gasteiger partial charge < -0.3 is 15.2 Å². The first kappa shape index (κ1) is 18.7. The van der Waals surface area contributed by atoms with Crippen LogP contribution < -0.4 is 5.32 Å². The van der Waals surface area contributed by atoms with Crippen molar-refractivity contribution in [3.05, 3.63) is 60.8 Å². The molecule has 2 heterocycles. The van der Waals surface area contributed by atoms with Crippen molar-refractivity contribution in [2.75, 3.05) is 20.1 Å². The van der Waals surface area contributed by atoms with Crippen LogP contribution in [0.25, 0.3) is 11.3 Å². The predicted octanol–water partition coefficient (Wildman–Crippen LogP) is 2.76. The molecule has 0 atom stereocenters. The fraction of sp³-hybridized carbons (Fsp3) is 0.350. The van der Waals surface area contributed by atoms with Crippen LogP contribution in [0, 0.1) is 0 Å². The zero-order chi connectivity index (χ0) is 18.9. The zero-order valence-electron chi connectivity index (χ0n) is 16.0. The van der Waals surface area contributed by atoms with Crippen molar-refractivity contribution in [2.45, 2.75) is 26.4 Å². The van der Waals surface area contributed by atoms with E-state index in [9.17, 15) is 0 Å². The maximum absolute atomic E-state index is 4.72. The third kappa shape index (κ3) is 5.44. The smallest absolute Gasteiger partial charge is 0.194 e. The highest BCUT2D eigenvalue weighted by Crippen LogP contribution is 2.16. The van der Waals surface area contributed by atoms with Gasteiger partial charge in [-0.05, 0) is 25.0 Å². The second kappa shape index (κ2) is 9.56. The highest BCUT2D eigenvalue weighted by molar-refractivity contribution is 5.79. The number of nitrogens with one attached hydrogen (secondary N) is 2. The molecule has 0 radical (unpaired) electrons. The van der Waals surface area contributed by atoms with Gasteiger partial charge in [0.15, 0.2) is 5.96 Å². The fourth-order valence-corrected chi connectivity index (χ4v) is 2.83. The van der Waals surface area contributed by atoms with E-state index in [0.29, 0.717) is 6.54 Å². The van der Waals surface area contributed by atoms with Crippen LogP contribution in [0.4, 0.5) is 0 Å². The maximum atomic E-state index is 4.72. The molecule has 0 saturated carbocycles. The number of nitrogens with zero attached hydrogens (tertiary/aromatic N) is 5. The quantitative estimate of drug-likeness (QED) is 0.366. The first-order valence-corrected chi connectivity index (χ1v) is 9.32. The van der Waals surface area contributed by atoms with Crippen molar-refractivity contribution in [1.82, 2.24) is 30.0 Å². The maximum Gasteiger partial charge on any atom is 0.194 e. The Labute approximate surface area is 160 Å². The molecular formula is C20H27N7. The van der Waals surface area contributed by atoms with Crippen LogP contribution in [-0.2, 0) is 13.1 Å². The molecule has 1 aromatic carbocycles. The van der Waals surface area contributed by atoms with Gasteiger partial charge in [0.05, 0.1) is 18.4 Å². The Hall–Kier alpha value is -3.09. The van der Waals surface area contributed by atoms with Crippen LogP contribution in [0.1, 0.15) is 19.2 Å². The number of rotatable bonds is 8. The first-order chi connectivity index (χ1) is 13.3. The monoisotopic (exact) mass is 365 g/mol. The molecule has 0 amide bonds. The van der Waals surface area contributed by atoms with Gasteiger partial charge in [0, 0.05) is 39.1 Å². The molecule has 0 bridgehead atoms. The van der Waals surface area contributed by atoms with E-state index in [-0.39, 0.29) is 0 Å². The van der Waals surface area contributed by atoms with E-state index < -0.39 is 0 Å². The van der Waals surface area contributed by atoms with Crippen LogP contribution in [-0.4, -0.2) is 50.7 Å². The molecule has 0 aliphatic rings. The summed E-state index contributed by atoms with van der Waals surface area (Å²) in [6, 6.07) is 12.2. The van der Waals surface area contributed by atoms with Crippen LogP contribution >= 0.6 is 0 Å². The average Bonchev–Trinajstić information content (AvgIpc) is 3.37. The van der Waals surface area contributed by atoms with Gasteiger partial charge in [-0.2, -0.15) is 5.10 Å². The molecule has 3 rings (SSSR count). The second-order valence-electron chi connectivity index (χ2n) is 6.32. The summed E-state index contributed by atoms with van der Waals surface area (Å²) >= 11 is 0. The molecule has 0 saturated heterocycles. The van der Waals surface area contributed by atoms with E-state index in [1.165, 1.54) is 0 Å². The van der Waals surface area contributed by atoms with E-state index in [1.54, 1.807) is 6.20 Å². The van der Waals surface area contributed by atoms with E-state index in [2.05, 4.69) is 44.3 Å². The first-order valence-electron chi connectivity index (χ1n) is 9.32. The van der Waals surface area contributed by atoms with Gasteiger partial charge in [0.25, 0.3) is 0 Å². The molecule has 7 nitrogen and oxygen atoms in total. The Bertz CT molecular complexity index is 821. The summed E-state index contributed by atoms with van der Waals surface area (Å²) in [7, 11) is 2.03. The Morgan fingerprint density at radius 1 is 1.26 bits per heavy atom. The summed E-state index contributed by atoms with van der Waals surface area (Å²) in [5.74, 6) is 1.80. The van der Waals surface area contributed by atoms with Gasteiger partial charge in [-0.15, -0.1) is 0 Å². The predicted molar refractivity (Wildman–Crippen MR) is 108 cm³/mol. The topological polar surface area (TPSA) is 74.1 Å². The lowest BCUT2D eigenvalue weighted by Gasteiger charge is -2.21. The van der Waals surface area contributed by atoms with Crippen molar-refractivity contribution >= 4 is 5.96 Å².